The predicted octanol–water partition coefficient (Wildman–Crippen LogP) is 2.69. The van der Waals surface area contributed by atoms with Crippen LogP contribution in [-0.4, -0.2) is 22.4 Å². The molecule has 0 aliphatic rings. The molecule has 1 N–H and O–H groups in total. The largest absolute Gasteiger partial charge is 0.487 e. The van der Waals surface area contributed by atoms with Crippen molar-refractivity contribution in [1.29, 1.82) is 0 Å². The summed E-state index contributed by atoms with van der Waals surface area (Å²) in [6, 6.07) is 4.16. The molecule has 0 saturated heterocycles. The highest BCUT2D eigenvalue weighted by Gasteiger charge is 2.18. The Labute approximate surface area is 131 Å². The SMILES string of the molecule is CCOc1ccc(C(=O)NCc2cnc(C)s2)cc1[N+](=O)[O-]. The maximum Gasteiger partial charge on any atom is 0.311 e. The van der Waals surface area contributed by atoms with Gasteiger partial charge in [-0.15, -0.1) is 11.3 Å². The topological polar surface area (TPSA) is 94.4 Å². The number of benzene rings is 1. The molecule has 0 aliphatic carbocycles. The first-order chi connectivity index (χ1) is 10.5. The predicted molar refractivity (Wildman–Crippen MR) is 82.3 cm³/mol. The summed E-state index contributed by atoms with van der Waals surface area (Å²) in [5, 5.41) is 14.7. The number of aryl methyl sites for hydroxylation is 1. The second-order valence-electron chi connectivity index (χ2n) is 4.40. The van der Waals surface area contributed by atoms with Crippen LogP contribution in [0.15, 0.2) is 24.4 Å². The maximum absolute atomic E-state index is 12.1. The van der Waals surface area contributed by atoms with Crippen molar-refractivity contribution < 1.29 is 14.5 Å². The van der Waals surface area contributed by atoms with E-state index in [2.05, 4.69) is 10.3 Å². The van der Waals surface area contributed by atoms with Crippen molar-refractivity contribution in [3.05, 3.63) is 50.0 Å². The van der Waals surface area contributed by atoms with E-state index in [0.717, 1.165) is 9.88 Å². The molecule has 0 radical (unpaired) electrons. The van der Waals surface area contributed by atoms with Crippen LogP contribution in [0, 0.1) is 17.0 Å². The third-order valence-electron chi connectivity index (χ3n) is 2.81. The Hall–Kier alpha value is -2.48. The number of hydrogen-bond acceptors (Lipinski definition) is 6. The summed E-state index contributed by atoms with van der Waals surface area (Å²) >= 11 is 1.49. The Morgan fingerprint density at radius 3 is 2.86 bits per heavy atom. The van der Waals surface area contributed by atoms with Gasteiger partial charge >= 0.3 is 5.69 Å². The van der Waals surface area contributed by atoms with Gasteiger partial charge in [0.25, 0.3) is 5.91 Å². The number of hydrogen-bond donors (Lipinski definition) is 1. The van der Waals surface area contributed by atoms with E-state index < -0.39 is 4.92 Å². The first-order valence-electron chi connectivity index (χ1n) is 6.62. The van der Waals surface area contributed by atoms with Crippen LogP contribution < -0.4 is 10.1 Å². The molecule has 0 fully saturated rings. The van der Waals surface area contributed by atoms with Crippen LogP contribution in [0.25, 0.3) is 0 Å². The highest BCUT2D eigenvalue weighted by Crippen LogP contribution is 2.28. The van der Waals surface area contributed by atoms with Crippen LogP contribution in [0.5, 0.6) is 5.75 Å². The number of aromatic nitrogens is 1. The zero-order valence-corrected chi connectivity index (χ0v) is 13.0. The van der Waals surface area contributed by atoms with Crippen molar-refractivity contribution in [2.75, 3.05) is 6.61 Å². The fraction of sp³-hybridized carbons (Fsp3) is 0.286. The lowest BCUT2D eigenvalue weighted by Crippen LogP contribution is -2.22. The number of carbonyl (C=O) groups excluding carboxylic acids is 1. The van der Waals surface area contributed by atoms with Crippen LogP contribution in [0.3, 0.4) is 0 Å². The molecule has 7 nitrogen and oxygen atoms in total. The molecule has 1 heterocycles. The van der Waals surface area contributed by atoms with E-state index in [1.165, 1.54) is 29.5 Å². The van der Waals surface area contributed by atoms with Crippen molar-refractivity contribution in [2.24, 2.45) is 0 Å². The van der Waals surface area contributed by atoms with Crippen molar-refractivity contribution in [3.8, 4) is 5.75 Å². The van der Waals surface area contributed by atoms with Gasteiger partial charge in [-0.3, -0.25) is 14.9 Å². The summed E-state index contributed by atoms with van der Waals surface area (Å²) in [6.45, 7) is 4.27. The number of rotatable bonds is 6. The molecule has 22 heavy (non-hydrogen) atoms. The summed E-state index contributed by atoms with van der Waals surface area (Å²) in [5.74, 6) is -0.223. The molecular weight excluding hydrogens is 306 g/mol. The van der Waals surface area contributed by atoms with Gasteiger partial charge in [0.15, 0.2) is 5.75 Å². The monoisotopic (exact) mass is 321 g/mol. The molecule has 0 aliphatic heterocycles. The lowest BCUT2D eigenvalue weighted by Gasteiger charge is -2.07. The maximum atomic E-state index is 12.1. The second-order valence-corrected chi connectivity index (χ2v) is 5.72. The summed E-state index contributed by atoms with van der Waals surface area (Å²) in [5.41, 5.74) is -0.000440. The Bertz CT molecular complexity index is 699. The van der Waals surface area contributed by atoms with Gasteiger partial charge in [-0.05, 0) is 26.0 Å². The molecule has 2 rings (SSSR count). The van der Waals surface area contributed by atoms with Crippen LogP contribution in [0.1, 0.15) is 27.2 Å². The molecule has 1 aromatic carbocycles. The molecule has 0 atom stereocenters. The van der Waals surface area contributed by atoms with E-state index in [1.807, 2.05) is 6.92 Å². The van der Waals surface area contributed by atoms with Crippen molar-refractivity contribution in [2.45, 2.75) is 20.4 Å². The third-order valence-corrected chi connectivity index (χ3v) is 3.72. The normalized spacial score (nSPS) is 10.3. The number of nitrogens with zero attached hydrogens (tertiary/aromatic N) is 2. The van der Waals surface area contributed by atoms with E-state index in [4.69, 9.17) is 4.74 Å². The van der Waals surface area contributed by atoms with Gasteiger partial charge in [0.2, 0.25) is 0 Å². The zero-order valence-electron chi connectivity index (χ0n) is 12.2. The minimum absolute atomic E-state index is 0.155. The summed E-state index contributed by atoms with van der Waals surface area (Å²) in [6.07, 6.45) is 1.70. The first-order valence-corrected chi connectivity index (χ1v) is 7.43. The fourth-order valence-corrected chi connectivity index (χ4v) is 2.57. The number of amides is 1. The molecule has 116 valence electrons. The molecule has 1 amide bonds. The number of nitrogens with one attached hydrogen (secondary N) is 1. The van der Waals surface area contributed by atoms with E-state index >= 15 is 0 Å². The smallest absolute Gasteiger partial charge is 0.311 e. The second kappa shape index (κ2) is 6.99. The number of nitro groups is 1. The number of nitro benzene ring substituents is 1. The van der Waals surface area contributed by atoms with Crippen LogP contribution in [0.2, 0.25) is 0 Å². The third kappa shape index (κ3) is 3.79. The average molecular weight is 321 g/mol. The Morgan fingerprint density at radius 1 is 1.50 bits per heavy atom. The van der Waals surface area contributed by atoms with Crippen LogP contribution >= 0.6 is 11.3 Å². The molecular formula is C14H15N3O4S. The molecule has 0 saturated carbocycles. The quantitative estimate of drug-likeness (QED) is 0.652. The van der Waals surface area contributed by atoms with E-state index in [0.29, 0.717) is 13.2 Å². The lowest BCUT2D eigenvalue weighted by atomic mass is 10.1. The number of thiazole rings is 1. The van der Waals surface area contributed by atoms with Gasteiger partial charge in [0, 0.05) is 22.7 Å². The molecule has 0 bridgehead atoms. The molecule has 1 aromatic heterocycles. The van der Waals surface area contributed by atoms with Gasteiger partial charge < -0.3 is 10.1 Å². The highest BCUT2D eigenvalue weighted by molar-refractivity contribution is 7.11. The van der Waals surface area contributed by atoms with Crippen molar-refractivity contribution in [3.63, 3.8) is 0 Å². The van der Waals surface area contributed by atoms with E-state index in [9.17, 15) is 14.9 Å². The van der Waals surface area contributed by atoms with Gasteiger partial charge in [-0.2, -0.15) is 0 Å². The Morgan fingerprint density at radius 2 is 2.27 bits per heavy atom. The molecule has 0 unspecified atom stereocenters. The van der Waals surface area contributed by atoms with Gasteiger partial charge in [-0.25, -0.2) is 4.98 Å². The standard InChI is InChI=1S/C14H15N3O4S/c1-3-21-13-5-4-10(6-12(13)17(19)20)14(18)16-8-11-7-15-9(2)22-11/h4-7H,3,8H2,1-2H3,(H,16,18). The first kappa shape index (κ1) is 15.9. The molecule has 8 heteroatoms. The zero-order chi connectivity index (χ0) is 16.1. The van der Waals surface area contributed by atoms with E-state index in [1.54, 1.807) is 13.1 Å². The Balaban J connectivity index is 2.12. The fourth-order valence-electron chi connectivity index (χ4n) is 1.84. The van der Waals surface area contributed by atoms with Gasteiger partial charge in [-0.1, -0.05) is 0 Å². The lowest BCUT2D eigenvalue weighted by molar-refractivity contribution is -0.385. The van der Waals surface area contributed by atoms with Gasteiger partial charge in [0.05, 0.1) is 23.1 Å². The average Bonchev–Trinajstić information content (AvgIpc) is 2.91. The molecule has 0 spiro atoms. The minimum atomic E-state index is -0.561. The van der Waals surface area contributed by atoms with Crippen LogP contribution in [0.4, 0.5) is 5.69 Å². The van der Waals surface area contributed by atoms with E-state index in [-0.39, 0.29) is 22.9 Å². The Kier molecular flexibility index (Phi) is 5.05. The highest BCUT2D eigenvalue weighted by atomic mass is 32.1. The van der Waals surface area contributed by atoms with Crippen molar-refractivity contribution in [1.82, 2.24) is 10.3 Å². The summed E-state index contributed by atoms with van der Waals surface area (Å²) < 4.78 is 5.19. The van der Waals surface area contributed by atoms with Crippen molar-refractivity contribution >= 4 is 22.9 Å². The van der Waals surface area contributed by atoms with Crippen LogP contribution in [-0.2, 0) is 6.54 Å². The summed E-state index contributed by atoms with van der Waals surface area (Å²) in [4.78, 5) is 27.6. The summed E-state index contributed by atoms with van der Waals surface area (Å²) in [7, 11) is 0. The van der Waals surface area contributed by atoms with Gasteiger partial charge in [0.1, 0.15) is 0 Å². The molecule has 2 aromatic rings. The minimum Gasteiger partial charge on any atom is -0.487 e. The number of ether oxygens (including phenoxy) is 1. The number of carbonyl (C=O) groups is 1.